The van der Waals surface area contributed by atoms with E-state index in [1.807, 2.05) is 0 Å². The van der Waals surface area contributed by atoms with Gasteiger partial charge in [-0.05, 0) is 0 Å². The number of rotatable bonds is 8. The second-order valence-corrected chi connectivity index (χ2v) is 5.01. The van der Waals surface area contributed by atoms with Gasteiger partial charge < -0.3 is 0 Å². The molecule has 12 heavy (non-hydrogen) atoms. The van der Waals surface area contributed by atoms with Crippen LogP contribution in [-0.2, 0) is 0 Å². The lowest BCUT2D eigenvalue weighted by Crippen LogP contribution is -1.88. The van der Waals surface area contributed by atoms with Gasteiger partial charge in [0.05, 0.1) is 0 Å². The van der Waals surface area contributed by atoms with Gasteiger partial charge in [0.15, 0.2) is 15.2 Å². The molecule has 0 nitrogen and oxygen atoms in total. The first-order valence-corrected chi connectivity index (χ1v) is 6.86. The summed E-state index contributed by atoms with van der Waals surface area (Å²) in [6.07, 6.45) is 8.68. The molecule has 0 heterocycles. The summed E-state index contributed by atoms with van der Waals surface area (Å²) in [5, 5.41) is 3.11. The third-order valence-electron chi connectivity index (χ3n) is 2.02. The van der Waals surface area contributed by atoms with E-state index in [9.17, 15) is 0 Å². The van der Waals surface area contributed by atoms with E-state index in [0.29, 0.717) is 0 Å². The highest BCUT2D eigenvalue weighted by Crippen LogP contribution is 2.04. The van der Waals surface area contributed by atoms with E-state index in [2.05, 4.69) is 13.8 Å². The summed E-state index contributed by atoms with van der Waals surface area (Å²) in [5.74, 6) is 0. The van der Waals surface area contributed by atoms with Crippen LogP contribution in [0.25, 0.3) is 0 Å². The fourth-order valence-corrected chi connectivity index (χ4v) is 2.67. The van der Waals surface area contributed by atoms with Crippen molar-refractivity contribution in [2.75, 3.05) is 0 Å². The largest absolute Gasteiger partial charge is 0.269 e. The normalized spacial score (nSPS) is 9.17. The molecule has 0 aromatic heterocycles. The van der Waals surface area contributed by atoms with Gasteiger partial charge in [-0.2, -0.15) is 0 Å². The van der Waals surface area contributed by atoms with Gasteiger partial charge in [-0.1, -0.05) is 52.4 Å². The van der Waals surface area contributed by atoms with Crippen molar-refractivity contribution in [3.05, 3.63) is 0 Å². The van der Waals surface area contributed by atoms with Crippen molar-refractivity contribution in [2.24, 2.45) is 0 Å². The van der Waals surface area contributed by atoms with Crippen LogP contribution in [0.15, 0.2) is 0 Å². The molecule has 0 atom stereocenters. The monoisotopic (exact) mass is 189 g/mol. The highest BCUT2D eigenvalue weighted by molar-refractivity contribution is 6.35. The van der Waals surface area contributed by atoms with Crippen molar-refractivity contribution in [2.45, 2.75) is 62.9 Å². The fourth-order valence-electron chi connectivity index (χ4n) is 1.22. The van der Waals surface area contributed by atoms with Crippen LogP contribution < -0.4 is 0 Å². The topological polar surface area (TPSA) is 0 Å². The first kappa shape index (κ1) is 15.0. The van der Waals surface area contributed by atoms with Gasteiger partial charge in [-0.3, -0.25) is 4.70 Å². The lowest BCUT2D eigenvalue weighted by Gasteiger charge is -1.97. The molecule has 0 aliphatic heterocycles. The van der Waals surface area contributed by atoms with E-state index in [1.165, 1.54) is 38.5 Å². The second kappa shape index (κ2) is 14.0. The number of unbranched alkanes of at least 4 members (excludes halogenated alkanes) is 4. The van der Waals surface area contributed by atoms with Crippen LogP contribution in [-0.4, -0.2) is 15.2 Å². The number of halogens is 1. The Balaban J connectivity index is 0. The molecule has 0 aliphatic carbocycles. The van der Waals surface area contributed by atoms with Crippen molar-refractivity contribution < 1.29 is 4.70 Å². The standard InChI is InChI=1S/2C5H11.Al.FH/c2*1-3-5-4-2;;/h2*1,3-5H2,2H3;;1H. The second-order valence-electron chi connectivity index (χ2n) is 3.28. The summed E-state index contributed by atoms with van der Waals surface area (Å²) in [4.78, 5) is 0. The molecule has 0 saturated carbocycles. The summed E-state index contributed by atoms with van der Waals surface area (Å²) in [7, 11) is 0. The number of hydrogen-bond donors (Lipinski definition) is 0. The maximum absolute atomic E-state index is 2.28. The minimum absolute atomic E-state index is 0. The van der Waals surface area contributed by atoms with Crippen molar-refractivity contribution in [1.82, 2.24) is 0 Å². The minimum Gasteiger partial charge on any atom is -0.269 e. The predicted octanol–water partition coefficient (Wildman–Crippen LogP) is 4.06. The van der Waals surface area contributed by atoms with Crippen LogP contribution in [0.2, 0.25) is 10.6 Å². The Kier molecular flexibility index (Phi) is 17.5. The summed E-state index contributed by atoms with van der Waals surface area (Å²) >= 11 is 0.811. The molecular formula is C10H23AlF. The quantitative estimate of drug-likeness (QED) is 0.399. The molecule has 0 saturated heterocycles. The summed E-state index contributed by atoms with van der Waals surface area (Å²) in [5.41, 5.74) is 0. The highest BCUT2D eigenvalue weighted by Gasteiger charge is 1.91. The van der Waals surface area contributed by atoms with Gasteiger partial charge >= 0.3 is 0 Å². The zero-order chi connectivity index (χ0) is 8.36. The molecule has 1 radical (unpaired) electrons. The average molecular weight is 189 g/mol. The summed E-state index contributed by atoms with van der Waals surface area (Å²) in [6, 6.07) is 0. The smallest absolute Gasteiger partial charge is 0.199 e. The van der Waals surface area contributed by atoms with E-state index in [1.54, 1.807) is 10.6 Å². The van der Waals surface area contributed by atoms with Crippen LogP contribution in [0.1, 0.15) is 52.4 Å². The zero-order valence-electron chi connectivity index (χ0n) is 8.64. The molecule has 0 spiro atoms. The molecule has 0 aliphatic rings. The lowest BCUT2D eigenvalue weighted by molar-refractivity contribution is 0.752. The molecule has 0 unspecified atom stereocenters. The molecule has 0 fully saturated rings. The Hall–Kier alpha value is 0.462. The SMILES string of the molecule is CCCC[CH2][Al][CH2]CCCC.F. The first-order chi connectivity index (χ1) is 5.41. The molecule has 0 N–H and O–H groups in total. The van der Waals surface area contributed by atoms with Crippen LogP contribution in [0.5, 0.6) is 0 Å². The van der Waals surface area contributed by atoms with E-state index < -0.39 is 0 Å². The van der Waals surface area contributed by atoms with E-state index in [4.69, 9.17) is 0 Å². The average Bonchev–Trinajstić information content (AvgIpc) is 2.03. The van der Waals surface area contributed by atoms with Gasteiger partial charge in [0.2, 0.25) is 0 Å². The van der Waals surface area contributed by atoms with Crippen molar-refractivity contribution in [1.29, 1.82) is 0 Å². The van der Waals surface area contributed by atoms with E-state index in [-0.39, 0.29) is 4.70 Å². The Labute approximate surface area is 83.2 Å². The number of hydrogen-bond acceptors (Lipinski definition) is 0. The predicted molar refractivity (Wildman–Crippen MR) is 56.9 cm³/mol. The Bertz CT molecular complexity index is 58.9. The van der Waals surface area contributed by atoms with Gasteiger partial charge in [0, 0.05) is 0 Å². The van der Waals surface area contributed by atoms with Gasteiger partial charge in [-0.25, -0.2) is 0 Å². The van der Waals surface area contributed by atoms with Crippen molar-refractivity contribution in [3.8, 4) is 0 Å². The Morgan fingerprint density at radius 2 is 1.17 bits per heavy atom. The maximum atomic E-state index is 2.28. The van der Waals surface area contributed by atoms with Crippen molar-refractivity contribution in [3.63, 3.8) is 0 Å². The third-order valence-corrected chi connectivity index (χ3v) is 3.66. The third kappa shape index (κ3) is 13.1. The first-order valence-electron chi connectivity index (χ1n) is 5.23. The molecule has 0 rings (SSSR count). The zero-order valence-corrected chi connectivity index (χ0v) is 9.80. The molecule has 0 amide bonds. The molecule has 0 bridgehead atoms. The van der Waals surface area contributed by atoms with E-state index in [0.717, 1.165) is 15.2 Å². The van der Waals surface area contributed by atoms with E-state index >= 15 is 0 Å². The van der Waals surface area contributed by atoms with Crippen molar-refractivity contribution >= 4 is 15.2 Å². The lowest BCUT2D eigenvalue weighted by atomic mass is 10.3. The van der Waals surface area contributed by atoms with Crippen LogP contribution in [0.4, 0.5) is 4.70 Å². The minimum atomic E-state index is 0. The Morgan fingerprint density at radius 1 is 0.750 bits per heavy atom. The van der Waals surface area contributed by atoms with Crippen LogP contribution >= 0.6 is 0 Å². The van der Waals surface area contributed by atoms with Gasteiger partial charge in [0.25, 0.3) is 0 Å². The van der Waals surface area contributed by atoms with Gasteiger partial charge in [-0.15, -0.1) is 10.6 Å². The Morgan fingerprint density at radius 3 is 1.50 bits per heavy atom. The molecule has 73 valence electrons. The summed E-state index contributed by atoms with van der Waals surface area (Å²) < 4.78 is 0. The molecule has 2 heteroatoms. The fraction of sp³-hybridized carbons (Fsp3) is 1.00. The summed E-state index contributed by atoms with van der Waals surface area (Å²) in [6.45, 7) is 4.57. The molecule has 0 aromatic rings. The molecule has 0 aromatic carbocycles. The van der Waals surface area contributed by atoms with Gasteiger partial charge in [0.1, 0.15) is 0 Å². The van der Waals surface area contributed by atoms with Crippen LogP contribution in [0, 0.1) is 0 Å². The van der Waals surface area contributed by atoms with Crippen LogP contribution in [0.3, 0.4) is 0 Å². The maximum Gasteiger partial charge on any atom is 0.199 e. The molecular weight excluding hydrogens is 166 g/mol. The highest BCUT2D eigenvalue weighted by atomic mass is 27.1.